The Morgan fingerprint density at radius 3 is 3.20 bits per heavy atom. The Balaban J connectivity index is 2.64. The molecule has 80 valence electrons. The highest BCUT2D eigenvalue weighted by atomic mass is 32.1. The number of thiazole rings is 1. The predicted molar refractivity (Wildman–Crippen MR) is 60.0 cm³/mol. The molecule has 0 aliphatic carbocycles. The second kappa shape index (κ2) is 5.37. The molecular formula is C10H12N2O2S. The lowest BCUT2D eigenvalue weighted by Gasteiger charge is -2.03. The van der Waals surface area contributed by atoms with Crippen molar-refractivity contribution in [3.8, 4) is 12.3 Å². The Bertz CT molecular complexity index is 381. The highest BCUT2D eigenvalue weighted by molar-refractivity contribution is 7.13. The molecule has 1 atom stereocenters. The van der Waals surface area contributed by atoms with Crippen LogP contribution >= 0.6 is 11.3 Å². The number of terminal acetylenes is 1. The van der Waals surface area contributed by atoms with Gasteiger partial charge < -0.3 is 10.1 Å². The second-order valence-corrected chi connectivity index (χ2v) is 3.65. The van der Waals surface area contributed by atoms with E-state index in [0.29, 0.717) is 17.4 Å². The molecule has 1 heterocycles. The molecule has 5 heteroatoms. The van der Waals surface area contributed by atoms with Gasteiger partial charge >= 0.3 is 5.97 Å². The number of esters is 1. The standard InChI is InChI=1S/C10H12N2O2S/c1-4-7(3)11-10-12-8(6-15-10)9(13)14-5-2/h1,6-7H,5H2,2-3H3,(H,11,12). The average molecular weight is 224 g/mol. The molecule has 0 radical (unpaired) electrons. The SMILES string of the molecule is C#CC(C)Nc1nc(C(=O)OCC)cs1. The molecule has 0 spiro atoms. The van der Waals surface area contributed by atoms with Crippen molar-refractivity contribution in [3.05, 3.63) is 11.1 Å². The second-order valence-electron chi connectivity index (χ2n) is 2.79. The van der Waals surface area contributed by atoms with E-state index >= 15 is 0 Å². The minimum atomic E-state index is -0.407. The summed E-state index contributed by atoms with van der Waals surface area (Å²) in [7, 11) is 0. The number of ether oxygens (including phenoxy) is 1. The molecule has 0 aliphatic rings. The molecule has 0 fully saturated rings. The summed E-state index contributed by atoms with van der Waals surface area (Å²) in [6.45, 7) is 3.94. The van der Waals surface area contributed by atoms with Crippen LogP contribution in [0.25, 0.3) is 0 Å². The third kappa shape index (κ3) is 3.26. The van der Waals surface area contributed by atoms with Crippen LogP contribution in [0, 0.1) is 12.3 Å². The monoisotopic (exact) mass is 224 g/mol. The van der Waals surface area contributed by atoms with Crippen LogP contribution in [0.3, 0.4) is 0 Å². The van der Waals surface area contributed by atoms with Crippen LogP contribution in [-0.4, -0.2) is 23.6 Å². The van der Waals surface area contributed by atoms with Crippen LogP contribution in [0.1, 0.15) is 24.3 Å². The van der Waals surface area contributed by atoms with Crippen molar-refractivity contribution in [2.24, 2.45) is 0 Å². The van der Waals surface area contributed by atoms with Crippen molar-refractivity contribution in [3.63, 3.8) is 0 Å². The molecule has 0 aliphatic heterocycles. The minimum Gasteiger partial charge on any atom is -0.461 e. The molecule has 0 saturated heterocycles. The van der Waals surface area contributed by atoms with Crippen molar-refractivity contribution < 1.29 is 9.53 Å². The number of nitrogens with one attached hydrogen (secondary N) is 1. The van der Waals surface area contributed by atoms with Crippen LogP contribution in [-0.2, 0) is 4.74 Å². The van der Waals surface area contributed by atoms with Crippen molar-refractivity contribution in [2.45, 2.75) is 19.9 Å². The van der Waals surface area contributed by atoms with Gasteiger partial charge in [0.25, 0.3) is 0 Å². The quantitative estimate of drug-likeness (QED) is 0.625. The maximum Gasteiger partial charge on any atom is 0.357 e. The Hall–Kier alpha value is -1.54. The molecule has 4 nitrogen and oxygen atoms in total. The zero-order valence-electron chi connectivity index (χ0n) is 8.61. The summed E-state index contributed by atoms with van der Waals surface area (Å²) in [4.78, 5) is 15.3. The maximum atomic E-state index is 11.3. The van der Waals surface area contributed by atoms with E-state index in [1.165, 1.54) is 11.3 Å². The Kier molecular flexibility index (Phi) is 4.13. The van der Waals surface area contributed by atoms with Crippen molar-refractivity contribution in [1.82, 2.24) is 4.98 Å². The molecule has 1 N–H and O–H groups in total. The van der Waals surface area contributed by atoms with Crippen LogP contribution in [0.4, 0.5) is 5.13 Å². The molecular weight excluding hydrogens is 212 g/mol. The zero-order chi connectivity index (χ0) is 11.3. The van der Waals surface area contributed by atoms with E-state index in [1.54, 1.807) is 12.3 Å². The number of rotatable bonds is 4. The number of anilines is 1. The van der Waals surface area contributed by atoms with Gasteiger partial charge in [-0.1, -0.05) is 5.92 Å². The summed E-state index contributed by atoms with van der Waals surface area (Å²) in [5.74, 6) is 2.11. The highest BCUT2D eigenvalue weighted by Gasteiger charge is 2.11. The maximum absolute atomic E-state index is 11.3. The Morgan fingerprint density at radius 2 is 2.60 bits per heavy atom. The Labute approximate surface area is 92.7 Å². The molecule has 1 rings (SSSR count). The van der Waals surface area contributed by atoms with E-state index in [9.17, 15) is 4.79 Å². The molecule has 0 bridgehead atoms. The van der Waals surface area contributed by atoms with E-state index in [4.69, 9.17) is 11.2 Å². The van der Waals surface area contributed by atoms with Crippen molar-refractivity contribution >= 4 is 22.4 Å². The van der Waals surface area contributed by atoms with E-state index in [-0.39, 0.29) is 6.04 Å². The highest BCUT2D eigenvalue weighted by Crippen LogP contribution is 2.16. The zero-order valence-corrected chi connectivity index (χ0v) is 9.43. The predicted octanol–water partition coefficient (Wildman–Crippen LogP) is 1.75. The minimum absolute atomic E-state index is 0.105. The third-order valence-corrected chi connectivity index (χ3v) is 2.35. The average Bonchev–Trinajstić information content (AvgIpc) is 2.66. The fourth-order valence-electron chi connectivity index (χ4n) is 0.866. The van der Waals surface area contributed by atoms with Crippen LogP contribution in [0.15, 0.2) is 5.38 Å². The van der Waals surface area contributed by atoms with Gasteiger partial charge in [-0.15, -0.1) is 17.8 Å². The fraction of sp³-hybridized carbons (Fsp3) is 0.400. The normalized spacial score (nSPS) is 11.5. The van der Waals surface area contributed by atoms with Crippen molar-refractivity contribution in [1.29, 1.82) is 0 Å². The first kappa shape index (κ1) is 11.5. The first-order valence-corrected chi connectivity index (χ1v) is 5.40. The number of carbonyl (C=O) groups excluding carboxylic acids is 1. The van der Waals surface area contributed by atoms with Crippen LogP contribution < -0.4 is 5.32 Å². The van der Waals surface area contributed by atoms with Crippen LogP contribution in [0.5, 0.6) is 0 Å². The summed E-state index contributed by atoms with van der Waals surface area (Å²) in [5, 5.41) is 5.24. The smallest absolute Gasteiger partial charge is 0.357 e. The van der Waals surface area contributed by atoms with E-state index in [2.05, 4.69) is 16.2 Å². The van der Waals surface area contributed by atoms with E-state index < -0.39 is 5.97 Å². The van der Waals surface area contributed by atoms with Gasteiger partial charge in [0.1, 0.15) is 0 Å². The molecule has 1 aromatic rings. The van der Waals surface area contributed by atoms with Gasteiger partial charge in [0, 0.05) is 5.38 Å². The summed E-state index contributed by atoms with van der Waals surface area (Å²) >= 11 is 1.33. The molecule has 1 unspecified atom stereocenters. The topological polar surface area (TPSA) is 51.2 Å². The Morgan fingerprint density at radius 1 is 1.87 bits per heavy atom. The lowest BCUT2D eigenvalue weighted by molar-refractivity contribution is 0.0520. The summed E-state index contributed by atoms with van der Waals surface area (Å²) in [6.07, 6.45) is 5.21. The molecule has 15 heavy (non-hydrogen) atoms. The summed E-state index contributed by atoms with van der Waals surface area (Å²) < 4.78 is 4.81. The third-order valence-electron chi connectivity index (χ3n) is 1.58. The lowest BCUT2D eigenvalue weighted by Crippen LogP contribution is -2.12. The molecule has 0 aromatic carbocycles. The first-order chi connectivity index (χ1) is 7.17. The van der Waals surface area contributed by atoms with Gasteiger partial charge in [0.05, 0.1) is 12.6 Å². The molecule has 0 saturated carbocycles. The number of hydrogen-bond donors (Lipinski definition) is 1. The molecule has 0 amide bonds. The number of aromatic nitrogens is 1. The lowest BCUT2D eigenvalue weighted by atomic mass is 10.4. The van der Waals surface area contributed by atoms with Gasteiger partial charge in [0.2, 0.25) is 0 Å². The van der Waals surface area contributed by atoms with Crippen molar-refractivity contribution in [2.75, 3.05) is 11.9 Å². The van der Waals surface area contributed by atoms with E-state index in [0.717, 1.165) is 0 Å². The number of carbonyl (C=O) groups is 1. The van der Waals surface area contributed by atoms with Gasteiger partial charge in [-0.2, -0.15) is 0 Å². The van der Waals surface area contributed by atoms with Gasteiger partial charge in [-0.05, 0) is 13.8 Å². The first-order valence-electron chi connectivity index (χ1n) is 4.52. The number of nitrogens with zero attached hydrogens (tertiary/aromatic N) is 1. The largest absolute Gasteiger partial charge is 0.461 e. The van der Waals surface area contributed by atoms with Crippen LogP contribution in [0.2, 0.25) is 0 Å². The van der Waals surface area contributed by atoms with Gasteiger partial charge in [-0.3, -0.25) is 0 Å². The summed E-state index contributed by atoms with van der Waals surface area (Å²) in [6, 6.07) is -0.105. The number of hydrogen-bond acceptors (Lipinski definition) is 5. The van der Waals surface area contributed by atoms with Gasteiger partial charge in [-0.25, -0.2) is 9.78 Å². The van der Waals surface area contributed by atoms with E-state index in [1.807, 2.05) is 6.92 Å². The fourth-order valence-corrected chi connectivity index (χ4v) is 1.63. The summed E-state index contributed by atoms with van der Waals surface area (Å²) in [5.41, 5.74) is 0.313. The van der Waals surface area contributed by atoms with Gasteiger partial charge in [0.15, 0.2) is 10.8 Å². The molecule has 1 aromatic heterocycles.